The maximum absolute atomic E-state index is 12.3. The van der Waals surface area contributed by atoms with Gasteiger partial charge in [0.1, 0.15) is 5.75 Å². The molecule has 0 atom stereocenters. The van der Waals surface area contributed by atoms with E-state index in [1.54, 1.807) is 25.2 Å². The normalized spacial score (nSPS) is 16.0. The molecule has 0 unspecified atom stereocenters. The van der Waals surface area contributed by atoms with Crippen molar-refractivity contribution in [2.75, 3.05) is 39.6 Å². The van der Waals surface area contributed by atoms with Gasteiger partial charge >= 0.3 is 11.8 Å². The topological polar surface area (TPSA) is 61.9 Å². The first-order chi connectivity index (χ1) is 10.9. The maximum Gasteiger partial charge on any atom is 0.314 e. The predicted octanol–water partition coefficient (Wildman–Crippen LogP) is 1.84. The number of carbonyl (C=O) groups is 2. The van der Waals surface area contributed by atoms with Crippen molar-refractivity contribution in [3.8, 4) is 5.75 Å². The highest BCUT2D eigenvalue weighted by molar-refractivity contribution is 6.40. The van der Waals surface area contributed by atoms with Gasteiger partial charge in [0.15, 0.2) is 0 Å². The smallest absolute Gasteiger partial charge is 0.314 e. The fraction of sp³-hybridized carbons (Fsp3) is 0.500. The molecule has 0 saturated carbocycles. The van der Waals surface area contributed by atoms with E-state index < -0.39 is 11.8 Å². The lowest BCUT2D eigenvalue weighted by molar-refractivity contribution is -0.144. The summed E-state index contributed by atoms with van der Waals surface area (Å²) in [6, 6.07) is 4.94. The van der Waals surface area contributed by atoms with E-state index in [-0.39, 0.29) is 6.04 Å². The lowest BCUT2D eigenvalue weighted by Crippen LogP contribution is -2.47. The van der Waals surface area contributed by atoms with Gasteiger partial charge in [0.05, 0.1) is 12.8 Å². The van der Waals surface area contributed by atoms with Gasteiger partial charge in [-0.3, -0.25) is 9.59 Å². The highest BCUT2D eigenvalue weighted by Crippen LogP contribution is 2.27. The molecule has 0 bridgehead atoms. The summed E-state index contributed by atoms with van der Waals surface area (Å²) in [5.41, 5.74) is 0.384. The Balaban J connectivity index is 2.02. The van der Waals surface area contributed by atoms with Crippen LogP contribution in [0, 0.1) is 0 Å². The Labute approximate surface area is 141 Å². The number of rotatable bonds is 3. The molecule has 1 aromatic carbocycles. The number of anilines is 1. The third kappa shape index (κ3) is 4.36. The Kier molecular flexibility index (Phi) is 5.85. The number of nitrogens with one attached hydrogen (secondary N) is 1. The standard InChI is InChI=1S/C16H22ClN3O3/c1-19-8-6-12(7-9-19)20(2)16(22)15(21)18-13-10-11(17)4-5-14(13)23-3/h4-5,10,12H,6-9H2,1-3H3,(H,18,21). The van der Waals surface area contributed by atoms with Crippen LogP contribution in [-0.4, -0.2) is 62.0 Å². The minimum atomic E-state index is -0.688. The molecule has 23 heavy (non-hydrogen) atoms. The third-order valence-electron chi connectivity index (χ3n) is 4.16. The van der Waals surface area contributed by atoms with Crippen LogP contribution in [0.1, 0.15) is 12.8 Å². The summed E-state index contributed by atoms with van der Waals surface area (Å²) in [5, 5.41) is 3.04. The first-order valence-electron chi connectivity index (χ1n) is 7.52. The number of piperidine rings is 1. The van der Waals surface area contributed by atoms with E-state index in [4.69, 9.17) is 16.3 Å². The molecular weight excluding hydrogens is 318 g/mol. The van der Waals surface area contributed by atoms with E-state index in [9.17, 15) is 9.59 Å². The molecule has 1 fully saturated rings. The lowest BCUT2D eigenvalue weighted by Gasteiger charge is -2.34. The molecule has 1 aromatic rings. The minimum Gasteiger partial charge on any atom is -0.495 e. The molecule has 1 aliphatic rings. The molecule has 1 saturated heterocycles. The van der Waals surface area contributed by atoms with Gasteiger partial charge in [-0.1, -0.05) is 11.6 Å². The molecule has 2 rings (SSSR count). The van der Waals surface area contributed by atoms with Crippen LogP contribution in [0.3, 0.4) is 0 Å². The van der Waals surface area contributed by atoms with Crippen LogP contribution in [0.4, 0.5) is 5.69 Å². The van der Waals surface area contributed by atoms with Crippen LogP contribution in [0.5, 0.6) is 5.75 Å². The molecule has 0 aromatic heterocycles. The molecular formula is C16H22ClN3O3. The van der Waals surface area contributed by atoms with E-state index in [0.717, 1.165) is 25.9 Å². The van der Waals surface area contributed by atoms with Gasteiger partial charge in [-0.05, 0) is 51.2 Å². The predicted molar refractivity (Wildman–Crippen MR) is 89.9 cm³/mol. The van der Waals surface area contributed by atoms with Crippen molar-refractivity contribution in [1.29, 1.82) is 0 Å². The van der Waals surface area contributed by atoms with E-state index >= 15 is 0 Å². The summed E-state index contributed by atoms with van der Waals surface area (Å²) < 4.78 is 5.17. The number of nitrogens with zero attached hydrogens (tertiary/aromatic N) is 2. The zero-order valence-electron chi connectivity index (χ0n) is 13.6. The number of methoxy groups -OCH3 is 1. The quantitative estimate of drug-likeness (QED) is 0.854. The van der Waals surface area contributed by atoms with Gasteiger partial charge in [-0.2, -0.15) is 0 Å². The zero-order chi connectivity index (χ0) is 17.0. The number of benzene rings is 1. The molecule has 0 radical (unpaired) electrons. The second kappa shape index (κ2) is 7.66. The Hall–Kier alpha value is -1.79. The lowest BCUT2D eigenvalue weighted by atomic mass is 10.0. The molecule has 0 spiro atoms. The van der Waals surface area contributed by atoms with Crippen molar-refractivity contribution >= 4 is 29.1 Å². The molecule has 2 amide bonds. The van der Waals surface area contributed by atoms with Crippen LogP contribution < -0.4 is 10.1 Å². The number of carbonyl (C=O) groups excluding carboxylic acids is 2. The monoisotopic (exact) mass is 339 g/mol. The second-order valence-corrected chi connectivity index (χ2v) is 6.19. The first kappa shape index (κ1) is 17.6. The highest BCUT2D eigenvalue weighted by Gasteiger charge is 2.28. The van der Waals surface area contributed by atoms with E-state index in [0.29, 0.717) is 16.5 Å². The average molecular weight is 340 g/mol. The first-order valence-corrected chi connectivity index (χ1v) is 7.90. The number of likely N-dealkylation sites (tertiary alicyclic amines) is 1. The minimum absolute atomic E-state index is 0.0886. The van der Waals surface area contributed by atoms with Crippen molar-refractivity contribution in [3.63, 3.8) is 0 Å². The van der Waals surface area contributed by atoms with E-state index in [1.807, 2.05) is 0 Å². The zero-order valence-corrected chi connectivity index (χ0v) is 14.4. The van der Waals surface area contributed by atoms with Crippen molar-refractivity contribution in [2.45, 2.75) is 18.9 Å². The summed E-state index contributed by atoms with van der Waals surface area (Å²) in [6.07, 6.45) is 1.74. The van der Waals surface area contributed by atoms with Crippen LogP contribution in [0.2, 0.25) is 5.02 Å². The number of hydrogen-bond donors (Lipinski definition) is 1. The SMILES string of the molecule is COc1ccc(Cl)cc1NC(=O)C(=O)N(C)C1CCN(C)CC1. The Morgan fingerprint density at radius 3 is 2.61 bits per heavy atom. The van der Waals surface area contributed by atoms with Gasteiger partial charge < -0.3 is 19.9 Å². The molecule has 7 heteroatoms. The molecule has 1 aliphatic heterocycles. The molecule has 6 nitrogen and oxygen atoms in total. The maximum atomic E-state index is 12.3. The summed E-state index contributed by atoms with van der Waals surface area (Å²) in [4.78, 5) is 28.3. The number of ether oxygens (including phenoxy) is 1. The van der Waals surface area contributed by atoms with Crippen LogP contribution in [0.15, 0.2) is 18.2 Å². The summed E-state index contributed by atoms with van der Waals surface area (Å²) in [7, 11) is 5.22. The Morgan fingerprint density at radius 2 is 2.00 bits per heavy atom. The van der Waals surface area contributed by atoms with Crippen LogP contribution in [0.25, 0.3) is 0 Å². The number of amides is 2. The van der Waals surface area contributed by atoms with Gasteiger partial charge in [0, 0.05) is 18.1 Å². The van der Waals surface area contributed by atoms with Gasteiger partial charge in [-0.15, -0.1) is 0 Å². The molecule has 1 N–H and O–H groups in total. The fourth-order valence-electron chi connectivity index (χ4n) is 2.66. The van der Waals surface area contributed by atoms with Gasteiger partial charge in [-0.25, -0.2) is 0 Å². The molecule has 0 aliphatic carbocycles. The van der Waals surface area contributed by atoms with Crippen molar-refractivity contribution in [1.82, 2.24) is 9.80 Å². The summed E-state index contributed by atoms with van der Waals surface area (Å²) in [5.74, 6) is -0.786. The average Bonchev–Trinajstić information content (AvgIpc) is 2.54. The van der Waals surface area contributed by atoms with Crippen molar-refractivity contribution < 1.29 is 14.3 Å². The third-order valence-corrected chi connectivity index (χ3v) is 4.40. The van der Waals surface area contributed by atoms with E-state index in [2.05, 4.69) is 17.3 Å². The van der Waals surface area contributed by atoms with Crippen molar-refractivity contribution in [3.05, 3.63) is 23.2 Å². The van der Waals surface area contributed by atoms with Crippen LogP contribution >= 0.6 is 11.6 Å². The molecule has 126 valence electrons. The summed E-state index contributed by atoms with van der Waals surface area (Å²) >= 11 is 5.93. The largest absolute Gasteiger partial charge is 0.495 e. The van der Waals surface area contributed by atoms with Crippen LogP contribution in [-0.2, 0) is 9.59 Å². The Morgan fingerprint density at radius 1 is 1.35 bits per heavy atom. The fourth-order valence-corrected chi connectivity index (χ4v) is 2.83. The number of halogens is 1. The second-order valence-electron chi connectivity index (χ2n) is 5.75. The van der Waals surface area contributed by atoms with Crippen molar-refractivity contribution in [2.24, 2.45) is 0 Å². The summed E-state index contributed by atoms with van der Waals surface area (Å²) in [6.45, 7) is 1.85. The number of likely N-dealkylation sites (N-methyl/N-ethyl adjacent to an activating group) is 1. The van der Waals surface area contributed by atoms with Gasteiger partial charge in [0.25, 0.3) is 0 Å². The van der Waals surface area contributed by atoms with E-state index in [1.165, 1.54) is 12.0 Å². The number of hydrogen-bond acceptors (Lipinski definition) is 4. The van der Waals surface area contributed by atoms with Gasteiger partial charge in [0.2, 0.25) is 0 Å². The Bertz CT molecular complexity index is 586. The highest BCUT2D eigenvalue weighted by atomic mass is 35.5. The molecule has 1 heterocycles.